The molecule has 1 aromatic heterocycles. The maximum Gasteiger partial charge on any atom is 0.0964 e. The fourth-order valence-corrected chi connectivity index (χ4v) is 2.11. The molecule has 0 aliphatic heterocycles. The molecule has 2 N–H and O–H groups in total. The number of nitrogens with zero attached hydrogens (tertiary/aromatic N) is 3. The Hall–Kier alpha value is -0.940. The smallest absolute Gasteiger partial charge is 0.0964 e. The van der Waals surface area contributed by atoms with E-state index in [-0.39, 0.29) is 6.61 Å². The minimum absolute atomic E-state index is 0.197. The van der Waals surface area contributed by atoms with Gasteiger partial charge in [0.15, 0.2) is 0 Å². The lowest BCUT2D eigenvalue weighted by molar-refractivity contribution is 0.276. The molecule has 1 heterocycles. The number of hydrogen-bond acceptors (Lipinski definition) is 4. The van der Waals surface area contributed by atoms with Crippen molar-refractivity contribution in [3.05, 3.63) is 11.9 Å². The Morgan fingerprint density at radius 2 is 2.21 bits per heavy atom. The van der Waals surface area contributed by atoms with Crippen LogP contribution >= 0.6 is 0 Å². The van der Waals surface area contributed by atoms with Gasteiger partial charge >= 0.3 is 0 Å². The summed E-state index contributed by atoms with van der Waals surface area (Å²) in [7, 11) is 0. The lowest BCUT2D eigenvalue weighted by Crippen LogP contribution is -2.22. The molecular formula is C14H28N4O. The summed E-state index contributed by atoms with van der Waals surface area (Å²) >= 11 is 0. The number of nitrogens with one attached hydrogen (secondary N) is 1. The minimum Gasteiger partial charge on any atom is -0.396 e. The minimum atomic E-state index is 0.197. The molecule has 1 rings (SSSR count). The van der Waals surface area contributed by atoms with E-state index >= 15 is 0 Å². The van der Waals surface area contributed by atoms with Crippen LogP contribution in [-0.4, -0.2) is 33.3 Å². The first-order valence-corrected chi connectivity index (χ1v) is 7.50. The second kappa shape index (κ2) is 9.92. The van der Waals surface area contributed by atoms with E-state index in [9.17, 15) is 0 Å². The molecule has 1 atom stereocenters. The van der Waals surface area contributed by atoms with Gasteiger partial charge in [-0.1, -0.05) is 38.3 Å². The molecule has 1 unspecified atom stereocenters. The van der Waals surface area contributed by atoms with Gasteiger partial charge in [0.2, 0.25) is 0 Å². The zero-order chi connectivity index (χ0) is 13.9. The molecule has 0 amide bonds. The van der Waals surface area contributed by atoms with Crippen LogP contribution in [0.5, 0.6) is 0 Å². The fourth-order valence-electron chi connectivity index (χ4n) is 2.11. The molecule has 0 aliphatic rings. The normalized spacial score (nSPS) is 12.8. The molecule has 5 nitrogen and oxygen atoms in total. The predicted molar refractivity (Wildman–Crippen MR) is 76.7 cm³/mol. The number of hydrogen-bond donors (Lipinski definition) is 2. The molecule has 0 spiro atoms. The van der Waals surface area contributed by atoms with Crippen molar-refractivity contribution in [1.82, 2.24) is 20.3 Å². The third kappa shape index (κ3) is 6.68. The van der Waals surface area contributed by atoms with Crippen LogP contribution < -0.4 is 5.32 Å². The fraction of sp³-hybridized carbons (Fsp3) is 0.857. The van der Waals surface area contributed by atoms with Gasteiger partial charge in [0.05, 0.1) is 5.69 Å². The largest absolute Gasteiger partial charge is 0.396 e. The molecular weight excluding hydrogens is 240 g/mol. The standard InChI is InChI=1S/C14H28N4O/c1-3-5-7-13(4-2)10-15-11-14-12-18(17-16-14)8-6-9-19/h12-13,15,19H,3-11H2,1-2H3. The first kappa shape index (κ1) is 16.1. The van der Waals surface area contributed by atoms with Crippen molar-refractivity contribution in [2.45, 2.75) is 59.0 Å². The van der Waals surface area contributed by atoms with Crippen molar-refractivity contribution in [3.8, 4) is 0 Å². The van der Waals surface area contributed by atoms with Crippen molar-refractivity contribution in [2.75, 3.05) is 13.2 Å². The molecule has 0 saturated heterocycles. The molecule has 0 radical (unpaired) electrons. The monoisotopic (exact) mass is 268 g/mol. The van der Waals surface area contributed by atoms with Crippen LogP contribution in [-0.2, 0) is 13.1 Å². The summed E-state index contributed by atoms with van der Waals surface area (Å²) in [5.41, 5.74) is 0.975. The quantitative estimate of drug-likeness (QED) is 0.644. The highest BCUT2D eigenvalue weighted by Crippen LogP contribution is 2.11. The van der Waals surface area contributed by atoms with E-state index in [1.165, 1.54) is 25.7 Å². The van der Waals surface area contributed by atoms with E-state index < -0.39 is 0 Å². The van der Waals surface area contributed by atoms with Gasteiger partial charge < -0.3 is 10.4 Å². The van der Waals surface area contributed by atoms with Crippen LogP contribution in [0.25, 0.3) is 0 Å². The highest BCUT2D eigenvalue weighted by atomic mass is 16.3. The van der Waals surface area contributed by atoms with E-state index in [4.69, 9.17) is 5.11 Å². The SMILES string of the molecule is CCCCC(CC)CNCc1cn(CCCO)nn1. The first-order chi connectivity index (χ1) is 9.30. The van der Waals surface area contributed by atoms with Crippen molar-refractivity contribution in [3.63, 3.8) is 0 Å². The summed E-state index contributed by atoms with van der Waals surface area (Å²) in [5.74, 6) is 0.768. The van der Waals surface area contributed by atoms with E-state index in [2.05, 4.69) is 29.5 Å². The van der Waals surface area contributed by atoms with Gasteiger partial charge in [-0.3, -0.25) is 4.68 Å². The van der Waals surface area contributed by atoms with Crippen molar-refractivity contribution in [1.29, 1.82) is 0 Å². The molecule has 0 bridgehead atoms. The van der Waals surface area contributed by atoms with Gasteiger partial charge in [-0.05, 0) is 25.3 Å². The zero-order valence-electron chi connectivity index (χ0n) is 12.3. The summed E-state index contributed by atoms with van der Waals surface area (Å²) in [6, 6.07) is 0. The van der Waals surface area contributed by atoms with Crippen LogP contribution in [0.2, 0.25) is 0 Å². The van der Waals surface area contributed by atoms with Gasteiger partial charge in [0.25, 0.3) is 0 Å². The second-order valence-electron chi connectivity index (χ2n) is 5.10. The molecule has 0 fully saturated rings. The van der Waals surface area contributed by atoms with Crippen molar-refractivity contribution >= 4 is 0 Å². The van der Waals surface area contributed by atoms with E-state index in [0.29, 0.717) is 0 Å². The maximum absolute atomic E-state index is 8.76. The Kier molecular flexibility index (Phi) is 8.41. The Labute approximate surface area is 116 Å². The number of aliphatic hydroxyl groups excluding tert-OH is 1. The zero-order valence-corrected chi connectivity index (χ0v) is 12.3. The number of aromatic nitrogens is 3. The van der Waals surface area contributed by atoms with Gasteiger partial charge in [0.1, 0.15) is 0 Å². The van der Waals surface area contributed by atoms with Crippen LogP contribution in [0.15, 0.2) is 6.20 Å². The Morgan fingerprint density at radius 1 is 1.37 bits per heavy atom. The summed E-state index contributed by atoms with van der Waals surface area (Å²) in [6.45, 7) is 7.26. The Balaban J connectivity index is 2.22. The van der Waals surface area contributed by atoms with Crippen LogP contribution in [0.1, 0.15) is 51.6 Å². The van der Waals surface area contributed by atoms with Gasteiger partial charge in [-0.2, -0.15) is 0 Å². The Morgan fingerprint density at radius 3 is 2.89 bits per heavy atom. The van der Waals surface area contributed by atoms with E-state index in [1.807, 2.05) is 6.20 Å². The molecule has 19 heavy (non-hydrogen) atoms. The Bertz CT molecular complexity index is 327. The third-order valence-electron chi connectivity index (χ3n) is 3.41. The summed E-state index contributed by atoms with van der Waals surface area (Å²) < 4.78 is 1.79. The molecule has 5 heteroatoms. The molecule has 0 aliphatic carbocycles. The first-order valence-electron chi connectivity index (χ1n) is 7.50. The average Bonchev–Trinajstić information content (AvgIpc) is 2.88. The molecule has 0 saturated carbocycles. The molecule has 0 aromatic carbocycles. The second-order valence-corrected chi connectivity index (χ2v) is 5.10. The lowest BCUT2D eigenvalue weighted by atomic mass is 9.99. The summed E-state index contributed by atoms with van der Waals surface area (Å²) in [6.07, 6.45) is 7.81. The van der Waals surface area contributed by atoms with Gasteiger partial charge in [0, 0.05) is 25.9 Å². The third-order valence-corrected chi connectivity index (χ3v) is 3.41. The highest BCUT2D eigenvalue weighted by Gasteiger charge is 2.06. The van der Waals surface area contributed by atoms with Crippen LogP contribution in [0.4, 0.5) is 0 Å². The predicted octanol–water partition coefficient (Wildman–Crippen LogP) is 1.97. The number of aliphatic hydroxyl groups is 1. The molecule has 110 valence electrons. The number of aryl methyl sites for hydroxylation is 1. The maximum atomic E-state index is 8.76. The van der Waals surface area contributed by atoms with E-state index in [1.54, 1.807) is 4.68 Å². The van der Waals surface area contributed by atoms with Gasteiger partial charge in [-0.25, -0.2) is 0 Å². The van der Waals surface area contributed by atoms with Crippen LogP contribution in [0, 0.1) is 5.92 Å². The number of rotatable bonds is 11. The van der Waals surface area contributed by atoms with Crippen molar-refractivity contribution in [2.24, 2.45) is 5.92 Å². The average molecular weight is 268 g/mol. The van der Waals surface area contributed by atoms with Crippen LogP contribution in [0.3, 0.4) is 0 Å². The van der Waals surface area contributed by atoms with Crippen molar-refractivity contribution < 1.29 is 5.11 Å². The van der Waals surface area contributed by atoms with E-state index in [0.717, 1.165) is 37.7 Å². The summed E-state index contributed by atoms with van der Waals surface area (Å²) in [5, 5.41) is 20.4. The van der Waals surface area contributed by atoms with Gasteiger partial charge in [-0.15, -0.1) is 5.10 Å². The summed E-state index contributed by atoms with van der Waals surface area (Å²) in [4.78, 5) is 0. The highest BCUT2D eigenvalue weighted by molar-refractivity contribution is 4.91. The topological polar surface area (TPSA) is 63.0 Å². The lowest BCUT2D eigenvalue weighted by Gasteiger charge is -2.14. The molecule has 1 aromatic rings. The number of unbranched alkanes of at least 4 members (excludes halogenated alkanes) is 1.